The summed E-state index contributed by atoms with van der Waals surface area (Å²) >= 11 is 0. The predicted molar refractivity (Wildman–Crippen MR) is 45.4 cm³/mol. The minimum Gasteiger partial charge on any atom is -0.481 e. The summed E-state index contributed by atoms with van der Waals surface area (Å²) in [7, 11) is 0. The van der Waals surface area contributed by atoms with Gasteiger partial charge in [-0.25, -0.2) is 0 Å². The van der Waals surface area contributed by atoms with Crippen LogP contribution in [0, 0.1) is 11.3 Å². The Morgan fingerprint density at radius 2 is 2.25 bits per heavy atom. The molecule has 2 atom stereocenters. The van der Waals surface area contributed by atoms with Gasteiger partial charge in [0, 0.05) is 12.8 Å². The fourth-order valence-corrected chi connectivity index (χ4v) is 2.15. The average molecular weight is 172 g/mol. The summed E-state index contributed by atoms with van der Waals surface area (Å²) in [4.78, 5) is 11.1. The van der Waals surface area contributed by atoms with E-state index in [1.807, 2.05) is 13.8 Å². The molecular formula is C9H18NO2+. The van der Waals surface area contributed by atoms with Crippen molar-refractivity contribution < 1.29 is 15.6 Å². The Kier molecular flexibility index (Phi) is 2.42. The quantitative estimate of drug-likeness (QED) is 0.637. The molecule has 1 rings (SSSR count). The van der Waals surface area contributed by atoms with Crippen LogP contribution in [0.4, 0.5) is 0 Å². The molecule has 0 amide bonds. The number of carboxylic acids is 1. The van der Waals surface area contributed by atoms with Crippen LogP contribution >= 0.6 is 0 Å². The Morgan fingerprint density at radius 1 is 1.67 bits per heavy atom. The zero-order valence-electron chi connectivity index (χ0n) is 7.84. The molecule has 1 fully saturated rings. The molecule has 3 nitrogen and oxygen atoms in total. The molecule has 1 aliphatic rings. The lowest BCUT2D eigenvalue weighted by atomic mass is 9.75. The third-order valence-electron chi connectivity index (χ3n) is 3.18. The van der Waals surface area contributed by atoms with E-state index < -0.39 is 11.4 Å². The lowest BCUT2D eigenvalue weighted by molar-refractivity contribution is -0.418. The topological polar surface area (TPSA) is 64.9 Å². The van der Waals surface area contributed by atoms with Gasteiger partial charge in [-0.1, -0.05) is 13.8 Å². The van der Waals surface area contributed by atoms with Gasteiger partial charge < -0.3 is 10.8 Å². The molecule has 0 aromatic heterocycles. The van der Waals surface area contributed by atoms with Crippen molar-refractivity contribution in [3.05, 3.63) is 0 Å². The van der Waals surface area contributed by atoms with Crippen LogP contribution in [0.5, 0.6) is 0 Å². The van der Waals surface area contributed by atoms with Gasteiger partial charge in [-0.05, 0) is 12.3 Å². The van der Waals surface area contributed by atoms with E-state index in [1.165, 1.54) is 0 Å². The van der Waals surface area contributed by atoms with Crippen LogP contribution < -0.4 is 5.73 Å². The number of aliphatic carboxylic acids is 1. The Balaban J connectivity index is 2.82. The van der Waals surface area contributed by atoms with Gasteiger partial charge in [0.15, 0.2) is 0 Å². The summed E-state index contributed by atoms with van der Waals surface area (Å²) in [5.74, 6) is -0.412. The molecule has 0 aliphatic heterocycles. The summed E-state index contributed by atoms with van der Waals surface area (Å²) < 4.78 is 0. The first-order chi connectivity index (χ1) is 5.49. The number of carbonyl (C=O) groups is 1. The lowest BCUT2D eigenvalue weighted by Gasteiger charge is -2.27. The van der Waals surface area contributed by atoms with Crippen LogP contribution in [-0.4, -0.2) is 17.1 Å². The SMILES string of the molecule is CC(C)[C@]1(C(=O)O)CC[C@@H]([NH3+])C1. The van der Waals surface area contributed by atoms with Crippen LogP contribution in [0.15, 0.2) is 0 Å². The van der Waals surface area contributed by atoms with E-state index in [1.54, 1.807) is 0 Å². The van der Waals surface area contributed by atoms with Gasteiger partial charge in [0.25, 0.3) is 0 Å². The Labute approximate surface area is 72.9 Å². The number of rotatable bonds is 2. The normalized spacial score (nSPS) is 35.8. The van der Waals surface area contributed by atoms with Crippen LogP contribution in [0.3, 0.4) is 0 Å². The molecule has 0 aromatic rings. The predicted octanol–water partition coefficient (Wildman–Crippen LogP) is 0.508. The third kappa shape index (κ3) is 1.33. The van der Waals surface area contributed by atoms with Crippen LogP contribution in [0.1, 0.15) is 33.1 Å². The van der Waals surface area contributed by atoms with Crippen LogP contribution in [0.25, 0.3) is 0 Å². The van der Waals surface area contributed by atoms with E-state index in [0.717, 1.165) is 19.3 Å². The van der Waals surface area contributed by atoms with Crippen molar-refractivity contribution in [3.63, 3.8) is 0 Å². The van der Waals surface area contributed by atoms with Crippen molar-refractivity contribution in [3.8, 4) is 0 Å². The van der Waals surface area contributed by atoms with Gasteiger partial charge in [0.1, 0.15) is 0 Å². The van der Waals surface area contributed by atoms with E-state index in [4.69, 9.17) is 5.11 Å². The van der Waals surface area contributed by atoms with Gasteiger partial charge >= 0.3 is 5.97 Å². The Bertz CT molecular complexity index is 191. The summed E-state index contributed by atoms with van der Waals surface area (Å²) in [5, 5.41) is 9.12. The second-order valence-corrected chi connectivity index (χ2v) is 4.22. The third-order valence-corrected chi connectivity index (χ3v) is 3.18. The van der Waals surface area contributed by atoms with Crippen molar-refractivity contribution in [1.29, 1.82) is 0 Å². The number of hydrogen-bond acceptors (Lipinski definition) is 1. The standard InChI is InChI=1S/C9H17NO2/c1-6(2)9(8(11)12)4-3-7(10)5-9/h6-7H,3-5,10H2,1-2H3,(H,11,12)/p+1/t7-,9+/m1/s1. The highest BCUT2D eigenvalue weighted by Gasteiger charge is 2.48. The monoisotopic (exact) mass is 172 g/mol. The second kappa shape index (κ2) is 3.05. The highest BCUT2D eigenvalue weighted by molar-refractivity contribution is 5.75. The molecule has 1 aliphatic carbocycles. The number of quaternary nitrogens is 1. The van der Waals surface area contributed by atoms with Crippen molar-refractivity contribution in [1.82, 2.24) is 0 Å². The van der Waals surface area contributed by atoms with E-state index in [-0.39, 0.29) is 5.92 Å². The van der Waals surface area contributed by atoms with E-state index in [9.17, 15) is 4.79 Å². The first kappa shape index (κ1) is 9.52. The first-order valence-electron chi connectivity index (χ1n) is 4.55. The maximum atomic E-state index is 11.1. The number of carboxylic acid groups (broad SMARTS) is 1. The largest absolute Gasteiger partial charge is 0.481 e. The summed E-state index contributed by atoms with van der Waals surface area (Å²) in [6.45, 7) is 3.98. The first-order valence-corrected chi connectivity index (χ1v) is 4.55. The van der Waals surface area contributed by atoms with Crippen molar-refractivity contribution in [2.45, 2.75) is 39.2 Å². The van der Waals surface area contributed by atoms with Crippen molar-refractivity contribution >= 4 is 5.97 Å². The summed E-state index contributed by atoms with van der Waals surface area (Å²) in [6, 6.07) is 0.337. The van der Waals surface area contributed by atoms with Gasteiger partial charge in [-0.15, -0.1) is 0 Å². The lowest BCUT2D eigenvalue weighted by Crippen LogP contribution is -2.60. The van der Waals surface area contributed by atoms with E-state index >= 15 is 0 Å². The van der Waals surface area contributed by atoms with Gasteiger partial charge in [0.2, 0.25) is 0 Å². The molecule has 0 radical (unpaired) electrons. The molecule has 3 heteroatoms. The van der Waals surface area contributed by atoms with Gasteiger partial charge in [-0.3, -0.25) is 4.79 Å². The molecule has 0 unspecified atom stereocenters. The van der Waals surface area contributed by atoms with E-state index in [0.29, 0.717) is 6.04 Å². The molecule has 4 N–H and O–H groups in total. The molecule has 0 heterocycles. The minimum atomic E-state index is -0.636. The minimum absolute atomic E-state index is 0.224. The van der Waals surface area contributed by atoms with E-state index in [2.05, 4.69) is 5.73 Å². The molecule has 70 valence electrons. The highest BCUT2D eigenvalue weighted by Crippen LogP contribution is 2.43. The average Bonchev–Trinajstić information content (AvgIpc) is 2.32. The zero-order valence-corrected chi connectivity index (χ0v) is 7.84. The fourth-order valence-electron chi connectivity index (χ4n) is 2.15. The molecule has 12 heavy (non-hydrogen) atoms. The zero-order chi connectivity index (χ0) is 9.35. The molecule has 0 saturated heterocycles. The molecular weight excluding hydrogens is 154 g/mol. The summed E-state index contributed by atoms with van der Waals surface area (Å²) in [6.07, 6.45) is 2.51. The van der Waals surface area contributed by atoms with Crippen LogP contribution in [-0.2, 0) is 4.79 Å². The van der Waals surface area contributed by atoms with Crippen molar-refractivity contribution in [2.24, 2.45) is 11.3 Å². The second-order valence-electron chi connectivity index (χ2n) is 4.22. The Morgan fingerprint density at radius 3 is 2.42 bits per heavy atom. The van der Waals surface area contributed by atoms with Crippen molar-refractivity contribution in [2.75, 3.05) is 0 Å². The highest BCUT2D eigenvalue weighted by atomic mass is 16.4. The summed E-state index contributed by atoms with van der Waals surface area (Å²) in [5.41, 5.74) is 3.45. The molecule has 0 bridgehead atoms. The van der Waals surface area contributed by atoms with Crippen LogP contribution in [0.2, 0.25) is 0 Å². The molecule has 0 aromatic carbocycles. The molecule has 1 saturated carbocycles. The maximum absolute atomic E-state index is 11.1. The smallest absolute Gasteiger partial charge is 0.310 e. The maximum Gasteiger partial charge on any atom is 0.310 e. The Hall–Kier alpha value is -0.570. The van der Waals surface area contributed by atoms with Gasteiger partial charge in [-0.2, -0.15) is 0 Å². The number of hydrogen-bond donors (Lipinski definition) is 2. The molecule has 0 spiro atoms. The van der Waals surface area contributed by atoms with Gasteiger partial charge in [0.05, 0.1) is 11.5 Å². The fraction of sp³-hybridized carbons (Fsp3) is 0.889.